The summed E-state index contributed by atoms with van der Waals surface area (Å²) in [6.07, 6.45) is 3.32. The lowest BCUT2D eigenvalue weighted by molar-refractivity contribution is 0.0987. The lowest BCUT2D eigenvalue weighted by Crippen LogP contribution is -2.26. The number of hydrogen-bond acceptors (Lipinski definition) is 2. The summed E-state index contributed by atoms with van der Waals surface area (Å²) in [5, 5.41) is 19.3. The Bertz CT molecular complexity index is 740. The Kier molecular flexibility index (Phi) is 3.43. The lowest BCUT2D eigenvalue weighted by atomic mass is 9.75. The molecule has 0 amide bonds. The summed E-state index contributed by atoms with van der Waals surface area (Å²) in [7, 11) is 0. The average Bonchev–Trinajstić information content (AvgIpc) is 2.81. The monoisotopic (exact) mass is 344 g/mol. The molecule has 0 aliphatic heterocycles. The summed E-state index contributed by atoms with van der Waals surface area (Å²) >= 11 is 3.55. The van der Waals surface area contributed by atoms with Crippen molar-refractivity contribution in [2.24, 2.45) is 5.41 Å². The number of aliphatic hydroxyl groups excluding tert-OH is 1. The van der Waals surface area contributed by atoms with Gasteiger partial charge in [-0.15, -0.1) is 0 Å². The van der Waals surface area contributed by atoms with E-state index in [1.165, 1.54) is 0 Å². The van der Waals surface area contributed by atoms with Gasteiger partial charge in [-0.1, -0.05) is 13.8 Å². The zero-order valence-corrected chi connectivity index (χ0v) is 13.7. The molecular weight excluding hydrogens is 328 g/mol. The zero-order chi connectivity index (χ0) is 15.2. The highest BCUT2D eigenvalue weighted by atomic mass is 79.9. The van der Waals surface area contributed by atoms with Crippen LogP contribution in [0, 0.1) is 16.7 Å². The summed E-state index contributed by atoms with van der Waals surface area (Å²) in [4.78, 5) is 0. The van der Waals surface area contributed by atoms with Gasteiger partial charge in [0.05, 0.1) is 23.4 Å². The molecule has 0 radical (unpaired) electrons. The van der Waals surface area contributed by atoms with Crippen LogP contribution in [0.15, 0.2) is 34.9 Å². The third-order valence-electron chi connectivity index (χ3n) is 4.11. The normalized spacial score (nSPS) is 19.9. The van der Waals surface area contributed by atoms with E-state index < -0.39 is 6.10 Å². The molecule has 1 aromatic heterocycles. The molecule has 1 atom stereocenters. The number of halogens is 1. The van der Waals surface area contributed by atoms with Gasteiger partial charge in [-0.2, -0.15) is 5.26 Å². The first kappa shape index (κ1) is 14.4. The quantitative estimate of drug-likeness (QED) is 0.845. The van der Waals surface area contributed by atoms with Gasteiger partial charge in [-0.3, -0.25) is 0 Å². The third kappa shape index (κ3) is 2.52. The smallest absolute Gasteiger partial charge is 0.0992 e. The number of fused-ring (bicyclic) bond motifs is 1. The number of aliphatic hydroxyl groups is 1. The minimum Gasteiger partial charge on any atom is -0.388 e. The van der Waals surface area contributed by atoms with Crippen LogP contribution in [0.5, 0.6) is 0 Å². The van der Waals surface area contributed by atoms with Gasteiger partial charge in [-0.25, -0.2) is 0 Å². The van der Waals surface area contributed by atoms with Crippen LogP contribution in [-0.2, 0) is 6.42 Å². The fraction of sp³-hybridized carbons (Fsp3) is 0.353. The highest BCUT2D eigenvalue weighted by molar-refractivity contribution is 9.10. The van der Waals surface area contributed by atoms with Crippen molar-refractivity contribution < 1.29 is 5.11 Å². The van der Waals surface area contributed by atoms with E-state index in [1.54, 1.807) is 0 Å². The van der Waals surface area contributed by atoms with Gasteiger partial charge in [0.25, 0.3) is 0 Å². The number of aromatic nitrogens is 1. The molecule has 3 rings (SSSR count). The minimum atomic E-state index is -0.401. The van der Waals surface area contributed by atoms with E-state index >= 15 is 0 Å². The number of benzene rings is 1. The van der Waals surface area contributed by atoms with Crippen molar-refractivity contribution in [2.45, 2.75) is 32.8 Å². The summed E-state index contributed by atoms with van der Waals surface area (Å²) < 4.78 is 3.00. The van der Waals surface area contributed by atoms with Crippen LogP contribution in [0.25, 0.3) is 5.69 Å². The molecular formula is C17H17BrN2O. The maximum Gasteiger partial charge on any atom is 0.0992 e. The topological polar surface area (TPSA) is 49.0 Å². The molecule has 0 fully saturated rings. The van der Waals surface area contributed by atoms with Crippen molar-refractivity contribution in [3.63, 3.8) is 0 Å². The maximum absolute atomic E-state index is 10.3. The second-order valence-electron chi connectivity index (χ2n) is 6.43. The molecule has 108 valence electrons. The first-order chi connectivity index (χ1) is 9.91. The summed E-state index contributed by atoms with van der Waals surface area (Å²) in [5.41, 5.74) is 3.89. The molecule has 0 saturated carbocycles. The van der Waals surface area contributed by atoms with Crippen LogP contribution >= 0.6 is 15.9 Å². The van der Waals surface area contributed by atoms with E-state index in [1.807, 2.05) is 30.5 Å². The summed E-state index contributed by atoms with van der Waals surface area (Å²) in [6, 6.07) is 9.73. The Hall–Kier alpha value is -1.57. The predicted molar refractivity (Wildman–Crippen MR) is 85.2 cm³/mol. The number of nitriles is 1. The van der Waals surface area contributed by atoms with E-state index in [-0.39, 0.29) is 5.41 Å². The zero-order valence-electron chi connectivity index (χ0n) is 12.1. The minimum absolute atomic E-state index is 0.0849. The fourth-order valence-electron chi connectivity index (χ4n) is 3.13. The van der Waals surface area contributed by atoms with Crippen LogP contribution < -0.4 is 0 Å². The molecule has 0 saturated heterocycles. The van der Waals surface area contributed by atoms with Crippen molar-refractivity contribution in [1.29, 1.82) is 5.26 Å². The van der Waals surface area contributed by atoms with Crippen LogP contribution in [0.2, 0.25) is 0 Å². The first-order valence-corrected chi connectivity index (χ1v) is 7.79. The first-order valence-electron chi connectivity index (χ1n) is 6.99. The Morgan fingerprint density at radius 3 is 2.81 bits per heavy atom. The van der Waals surface area contributed by atoms with Gasteiger partial charge in [0.2, 0.25) is 0 Å². The SMILES string of the molecule is CC1(C)Cc2c(ccn2-c2ccc(C#N)cc2Br)C(O)C1. The van der Waals surface area contributed by atoms with Crippen molar-refractivity contribution in [3.8, 4) is 11.8 Å². The van der Waals surface area contributed by atoms with Gasteiger partial charge in [0, 0.05) is 21.9 Å². The predicted octanol–water partition coefficient (Wildman–Crippen LogP) is 4.12. The number of hydrogen-bond donors (Lipinski definition) is 1. The second-order valence-corrected chi connectivity index (χ2v) is 7.28. The Balaban J connectivity index is 2.12. The largest absolute Gasteiger partial charge is 0.388 e. The molecule has 4 heteroatoms. The molecule has 0 bridgehead atoms. The van der Waals surface area contributed by atoms with Crippen molar-refractivity contribution in [2.75, 3.05) is 0 Å². The highest BCUT2D eigenvalue weighted by Gasteiger charge is 2.33. The van der Waals surface area contributed by atoms with Gasteiger partial charge in [-0.05, 0) is 58.5 Å². The molecule has 1 heterocycles. The molecule has 21 heavy (non-hydrogen) atoms. The van der Waals surface area contributed by atoms with Gasteiger partial charge < -0.3 is 9.67 Å². The van der Waals surface area contributed by atoms with Gasteiger partial charge >= 0.3 is 0 Å². The van der Waals surface area contributed by atoms with Crippen LogP contribution in [0.4, 0.5) is 0 Å². The van der Waals surface area contributed by atoms with Crippen LogP contribution in [0.3, 0.4) is 0 Å². The Labute approximate surface area is 133 Å². The van der Waals surface area contributed by atoms with Gasteiger partial charge in [0.15, 0.2) is 0 Å². The number of rotatable bonds is 1. The molecule has 3 nitrogen and oxygen atoms in total. The number of nitrogens with zero attached hydrogens (tertiary/aromatic N) is 2. The van der Waals surface area contributed by atoms with Gasteiger partial charge in [0.1, 0.15) is 0 Å². The van der Waals surface area contributed by atoms with E-state index in [2.05, 4.69) is 40.4 Å². The average molecular weight is 345 g/mol. The molecule has 1 N–H and O–H groups in total. The van der Waals surface area contributed by atoms with E-state index in [0.29, 0.717) is 5.56 Å². The molecule has 0 spiro atoms. The second kappa shape index (κ2) is 5.01. The highest BCUT2D eigenvalue weighted by Crippen LogP contribution is 2.42. The molecule has 1 aliphatic carbocycles. The van der Waals surface area contributed by atoms with Crippen molar-refractivity contribution in [1.82, 2.24) is 4.57 Å². The molecule has 1 aliphatic rings. The third-order valence-corrected chi connectivity index (χ3v) is 4.75. The molecule has 1 unspecified atom stereocenters. The van der Waals surface area contributed by atoms with E-state index in [4.69, 9.17) is 5.26 Å². The van der Waals surface area contributed by atoms with Crippen molar-refractivity contribution >= 4 is 15.9 Å². The Morgan fingerprint density at radius 2 is 2.14 bits per heavy atom. The summed E-state index contributed by atoms with van der Waals surface area (Å²) in [6.45, 7) is 4.37. The lowest BCUT2D eigenvalue weighted by Gasteiger charge is -2.34. The fourth-order valence-corrected chi connectivity index (χ4v) is 3.70. The van der Waals surface area contributed by atoms with Crippen LogP contribution in [0.1, 0.15) is 43.2 Å². The molecule has 2 aromatic rings. The summed E-state index contributed by atoms with van der Waals surface area (Å²) in [5.74, 6) is 0. The Morgan fingerprint density at radius 1 is 1.38 bits per heavy atom. The molecule has 1 aromatic carbocycles. The van der Waals surface area contributed by atoms with E-state index in [0.717, 1.165) is 34.3 Å². The van der Waals surface area contributed by atoms with Crippen LogP contribution in [-0.4, -0.2) is 9.67 Å². The maximum atomic E-state index is 10.3. The van der Waals surface area contributed by atoms with Crippen molar-refractivity contribution in [3.05, 3.63) is 51.8 Å². The standard InChI is InChI=1S/C17H17BrN2O/c1-17(2)8-15-12(16(21)9-17)5-6-20(15)14-4-3-11(10-19)7-13(14)18/h3-7,16,21H,8-9H2,1-2H3. The van der Waals surface area contributed by atoms with E-state index in [9.17, 15) is 5.11 Å².